The van der Waals surface area contributed by atoms with E-state index in [1.807, 2.05) is 6.92 Å². The number of carbonyl (C=O) groups is 1. The number of nitrogens with one attached hydrogen (secondary N) is 1. The van der Waals surface area contributed by atoms with Crippen LogP contribution in [0.3, 0.4) is 0 Å². The molecule has 0 aliphatic carbocycles. The van der Waals surface area contributed by atoms with Crippen LogP contribution < -0.4 is 14.8 Å². The minimum Gasteiger partial charge on any atom is -0.494 e. The van der Waals surface area contributed by atoms with E-state index in [0.29, 0.717) is 58.7 Å². The van der Waals surface area contributed by atoms with Gasteiger partial charge in [-0.15, -0.1) is 10.2 Å². The van der Waals surface area contributed by atoms with Gasteiger partial charge in [0.1, 0.15) is 11.5 Å². The zero-order chi connectivity index (χ0) is 22.1. The lowest BCUT2D eigenvalue weighted by Gasteiger charge is -2.07. The van der Waals surface area contributed by atoms with Crippen molar-refractivity contribution in [3.63, 3.8) is 0 Å². The third-order valence-electron chi connectivity index (χ3n) is 3.91. The molecule has 0 spiro atoms. The number of nitrogens with zero attached hydrogens (tertiary/aromatic N) is 2. The van der Waals surface area contributed by atoms with Crippen LogP contribution in [0, 0.1) is 0 Å². The van der Waals surface area contributed by atoms with E-state index >= 15 is 0 Å². The Hall–Kier alpha value is -2.42. The average molecular weight is 482 g/mol. The second-order valence-electron chi connectivity index (χ2n) is 6.28. The van der Waals surface area contributed by atoms with Crippen molar-refractivity contribution in [3.8, 4) is 11.5 Å². The smallest absolute Gasteiger partial charge is 0.277 e. The summed E-state index contributed by atoms with van der Waals surface area (Å²) in [6.45, 7) is 2.95. The Morgan fingerprint density at radius 3 is 2.68 bits per heavy atom. The van der Waals surface area contributed by atoms with Crippen molar-refractivity contribution >= 4 is 46.6 Å². The normalized spacial score (nSPS) is 10.7. The third-order valence-corrected chi connectivity index (χ3v) is 5.26. The monoisotopic (exact) mass is 481 g/mol. The first kappa shape index (κ1) is 23.2. The van der Waals surface area contributed by atoms with Gasteiger partial charge < -0.3 is 19.2 Å². The van der Waals surface area contributed by atoms with Crippen LogP contribution in [0.15, 0.2) is 52.1 Å². The van der Waals surface area contributed by atoms with Gasteiger partial charge in [-0.2, -0.15) is 0 Å². The molecule has 7 nitrogen and oxygen atoms in total. The summed E-state index contributed by atoms with van der Waals surface area (Å²) in [5.41, 5.74) is 0.695. The Balaban J connectivity index is 1.36. The molecule has 10 heteroatoms. The molecule has 0 bridgehead atoms. The molecule has 1 heterocycles. The second kappa shape index (κ2) is 11.8. The Morgan fingerprint density at radius 1 is 1.13 bits per heavy atom. The third kappa shape index (κ3) is 7.65. The molecule has 1 N–H and O–H groups in total. The zero-order valence-corrected chi connectivity index (χ0v) is 19.1. The number of rotatable bonds is 11. The lowest BCUT2D eigenvalue weighted by molar-refractivity contribution is -0.113. The van der Waals surface area contributed by atoms with Gasteiger partial charge in [-0.25, -0.2) is 0 Å². The molecule has 1 amide bonds. The topological polar surface area (TPSA) is 86.5 Å². The van der Waals surface area contributed by atoms with Gasteiger partial charge >= 0.3 is 0 Å². The van der Waals surface area contributed by atoms with Crippen molar-refractivity contribution < 1.29 is 18.7 Å². The lowest BCUT2D eigenvalue weighted by atomic mass is 10.3. The summed E-state index contributed by atoms with van der Waals surface area (Å²) in [5, 5.41) is 12.1. The van der Waals surface area contributed by atoms with Crippen LogP contribution in [0.5, 0.6) is 11.5 Å². The second-order valence-corrected chi connectivity index (χ2v) is 8.05. The summed E-state index contributed by atoms with van der Waals surface area (Å²) in [7, 11) is 0. The van der Waals surface area contributed by atoms with Crippen LogP contribution in [0.1, 0.15) is 19.2 Å². The molecule has 0 unspecified atom stereocenters. The van der Waals surface area contributed by atoms with Gasteiger partial charge in [-0.1, -0.05) is 35.0 Å². The minimum atomic E-state index is -0.165. The van der Waals surface area contributed by atoms with Gasteiger partial charge in [0.25, 0.3) is 5.22 Å². The largest absolute Gasteiger partial charge is 0.494 e. The Morgan fingerprint density at radius 2 is 1.94 bits per heavy atom. The number of aromatic nitrogens is 2. The van der Waals surface area contributed by atoms with E-state index in [0.717, 1.165) is 5.75 Å². The van der Waals surface area contributed by atoms with E-state index in [2.05, 4.69) is 15.5 Å². The molecule has 0 radical (unpaired) electrons. The van der Waals surface area contributed by atoms with Gasteiger partial charge in [0, 0.05) is 17.1 Å². The maximum absolute atomic E-state index is 12.1. The van der Waals surface area contributed by atoms with E-state index in [-0.39, 0.29) is 11.7 Å². The number of hydrogen-bond acceptors (Lipinski definition) is 7. The molecule has 0 aliphatic heterocycles. The van der Waals surface area contributed by atoms with Crippen molar-refractivity contribution in [1.29, 1.82) is 0 Å². The first-order valence-corrected chi connectivity index (χ1v) is 11.3. The number of hydrogen-bond donors (Lipinski definition) is 1. The maximum atomic E-state index is 12.1. The molecule has 0 saturated heterocycles. The van der Waals surface area contributed by atoms with Crippen LogP contribution in [-0.4, -0.2) is 35.1 Å². The molecule has 3 rings (SSSR count). The quantitative estimate of drug-likeness (QED) is 0.285. The van der Waals surface area contributed by atoms with Gasteiger partial charge in [-0.05, 0) is 55.8 Å². The highest BCUT2D eigenvalue weighted by atomic mass is 35.5. The molecule has 31 heavy (non-hydrogen) atoms. The SMILES string of the molecule is CCOc1ccc(NC(=O)CSc2nnc(CCCOc3ccc(Cl)cc3Cl)o2)cc1. The summed E-state index contributed by atoms with van der Waals surface area (Å²) in [5.74, 6) is 1.82. The van der Waals surface area contributed by atoms with Crippen molar-refractivity contribution in [1.82, 2.24) is 10.2 Å². The number of carbonyl (C=O) groups excluding carboxylic acids is 1. The number of amides is 1. The molecular formula is C21H21Cl2N3O4S. The van der Waals surface area contributed by atoms with Gasteiger partial charge in [0.05, 0.1) is 24.0 Å². The fourth-order valence-corrected chi connectivity index (χ4v) is 3.56. The highest BCUT2D eigenvalue weighted by molar-refractivity contribution is 7.99. The minimum absolute atomic E-state index is 0.160. The standard InChI is InChI=1S/C21H21Cl2N3O4S/c1-2-28-16-8-6-15(7-9-16)24-19(27)13-31-21-26-25-20(30-21)4-3-11-29-18-10-5-14(22)12-17(18)23/h5-10,12H,2-4,11,13H2,1H3,(H,24,27). The number of anilines is 1. The summed E-state index contributed by atoms with van der Waals surface area (Å²) in [6, 6.07) is 12.3. The Kier molecular flexibility index (Phi) is 8.87. The van der Waals surface area contributed by atoms with Crippen molar-refractivity contribution in [3.05, 3.63) is 58.4 Å². The van der Waals surface area contributed by atoms with Crippen LogP contribution in [0.25, 0.3) is 0 Å². The molecule has 1 aromatic heterocycles. The van der Waals surface area contributed by atoms with E-state index in [9.17, 15) is 4.79 Å². The van der Waals surface area contributed by atoms with Crippen LogP contribution in [-0.2, 0) is 11.2 Å². The Bertz CT molecular complexity index is 999. The van der Waals surface area contributed by atoms with Crippen molar-refractivity contribution in [2.45, 2.75) is 25.0 Å². The van der Waals surface area contributed by atoms with E-state index in [4.69, 9.17) is 37.1 Å². The van der Waals surface area contributed by atoms with Gasteiger partial charge in [0.15, 0.2) is 0 Å². The van der Waals surface area contributed by atoms with Crippen LogP contribution in [0.4, 0.5) is 5.69 Å². The van der Waals surface area contributed by atoms with Crippen LogP contribution >= 0.6 is 35.0 Å². The highest BCUT2D eigenvalue weighted by Gasteiger charge is 2.10. The summed E-state index contributed by atoms with van der Waals surface area (Å²) in [4.78, 5) is 12.1. The summed E-state index contributed by atoms with van der Waals surface area (Å²) < 4.78 is 16.6. The van der Waals surface area contributed by atoms with Gasteiger partial charge in [-0.3, -0.25) is 4.79 Å². The summed E-state index contributed by atoms with van der Waals surface area (Å²) in [6.07, 6.45) is 1.22. The zero-order valence-electron chi connectivity index (χ0n) is 16.8. The maximum Gasteiger partial charge on any atom is 0.277 e. The van der Waals surface area contributed by atoms with Crippen molar-refractivity contribution in [2.24, 2.45) is 0 Å². The first-order chi connectivity index (χ1) is 15.0. The fraction of sp³-hybridized carbons (Fsp3) is 0.286. The molecule has 3 aromatic rings. The molecular weight excluding hydrogens is 461 g/mol. The molecule has 2 aromatic carbocycles. The molecule has 0 aliphatic rings. The fourth-order valence-electron chi connectivity index (χ4n) is 2.52. The molecule has 0 saturated carbocycles. The predicted octanol–water partition coefficient (Wildman–Crippen LogP) is 5.52. The van der Waals surface area contributed by atoms with Crippen LogP contribution in [0.2, 0.25) is 10.0 Å². The summed E-state index contributed by atoms with van der Waals surface area (Å²) >= 11 is 13.1. The highest BCUT2D eigenvalue weighted by Crippen LogP contribution is 2.27. The van der Waals surface area contributed by atoms with Crippen molar-refractivity contribution in [2.75, 3.05) is 24.3 Å². The first-order valence-electron chi connectivity index (χ1n) is 9.59. The number of aryl methyl sites for hydroxylation is 1. The van der Waals surface area contributed by atoms with E-state index in [1.54, 1.807) is 42.5 Å². The Labute approximate surface area is 194 Å². The number of benzene rings is 2. The molecule has 0 atom stereocenters. The van der Waals surface area contributed by atoms with Gasteiger partial charge in [0.2, 0.25) is 11.8 Å². The molecule has 164 valence electrons. The number of halogens is 2. The number of thioether (sulfide) groups is 1. The van der Waals surface area contributed by atoms with E-state index in [1.165, 1.54) is 11.8 Å². The van der Waals surface area contributed by atoms with E-state index < -0.39 is 0 Å². The predicted molar refractivity (Wildman–Crippen MR) is 122 cm³/mol. The molecule has 0 fully saturated rings. The number of ether oxygens (including phenoxy) is 2. The average Bonchev–Trinajstić information content (AvgIpc) is 3.20. The lowest BCUT2D eigenvalue weighted by Crippen LogP contribution is -2.13.